The molecular formula is C18H23N3O4. The number of likely N-dealkylation sites (tertiary alicyclic amines) is 1. The fourth-order valence-corrected chi connectivity index (χ4v) is 3.54. The first-order valence-corrected chi connectivity index (χ1v) is 8.30. The van der Waals surface area contributed by atoms with Gasteiger partial charge in [0.1, 0.15) is 11.6 Å². The molecule has 3 amide bonds. The van der Waals surface area contributed by atoms with Crippen molar-refractivity contribution in [2.45, 2.75) is 45.3 Å². The van der Waals surface area contributed by atoms with Gasteiger partial charge in [-0.2, -0.15) is 0 Å². The summed E-state index contributed by atoms with van der Waals surface area (Å²) < 4.78 is 5.39. The van der Waals surface area contributed by atoms with E-state index in [2.05, 4.69) is 5.32 Å². The number of nitrogens with two attached hydrogens (primary N) is 1. The van der Waals surface area contributed by atoms with Crippen LogP contribution in [0.4, 0.5) is 10.5 Å². The normalized spacial score (nSPS) is 25.5. The first kappa shape index (κ1) is 17.3. The second kappa shape index (κ2) is 5.75. The number of benzene rings is 1. The average Bonchev–Trinajstić information content (AvgIpc) is 2.88. The first-order valence-electron chi connectivity index (χ1n) is 8.30. The van der Waals surface area contributed by atoms with Crippen molar-refractivity contribution in [2.24, 2.45) is 11.1 Å². The maximum atomic E-state index is 12.8. The number of nitrogens with zero attached hydrogens (tertiary/aromatic N) is 1. The molecule has 1 saturated heterocycles. The summed E-state index contributed by atoms with van der Waals surface area (Å²) in [7, 11) is 0. The Hall–Kier alpha value is -2.57. The van der Waals surface area contributed by atoms with Gasteiger partial charge >= 0.3 is 6.09 Å². The van der Waals surface area contributed by atoms with Crippen molar-refractivity contribution in [3.63, 3.8) is 0 Å². The SMILES string of the molecule is CC(C)(C)OC(=O)N1C[C@]2(Cc3ccccc3NC2=O)C[C@H]1C(N)=O. The van der Waals surface area contributed by atoms with E-state index in [-0.39, 0.29) is 18.9 Å². The van der Waals surface area contributed by atoms with Crippen molar-refractivity contribution in [2.75, 3.05) is 11.9 Å². The molecule has 1 fully saturated rings. The van der Waals surface area contributed by atoms with Crippen molar-refractivity contribution >= 4 is 23.6 Å². The highest BCUT2D eigenvalue weighted by Crippen LogP contribution is 2.43. The zero-order chi connectivity index (χ0) is 18.4. The van der Waals surface area contributed by atoms with E-state index < -0.39 is 29.1 Å². The third-order valence-electron chi connectivity index (χ3n) is 4.67. The van der Waals surface area contributed by atoms with Crippen LogP contribution in [0, 0.1) is 5.41 Å². The third-order valence-corrected chi connectivity index (χ3v) is 4.67. The van der Waals surface area contributed by atoms with Crippen LogP contribution in [0.3, 0.4) is 0 Å². The van der Waals surface area contributed by atoms with Gasteiger partial charge in [-0.3, -0.25) is 14.5 Å². The van der Waals surface area contributed by atoms with Crippen LogP contribution in [-0.4, -0.2) is 41.0 Å². The summed E-state index contributed by atoms with van der Waals surface area (Å²) in [5.41, 5.74) is 5.68. The predicted molar refractivity (Wildman–Crippen MR) is 91.7 cm³/mol. The number of ether oxygens (including phenoxy) is 1. The molecule has 1 spiro atoms. The summed E-state index contributed by atoms with van der Waals surface area (Å²) in [6, 6.07) is 6.67. The molecule has 2 heterocycles. The molecule has 0 aliphatic carbocycles. The van der Waals surface area contributed by atoms with Crippen LogP contribution in [0.15, 0.2) is 24.3 Å². The molecular weight excluding hydrogens is 322 g/mol. The molecule has 0 bridgehead atoms. The maximum absolute atomic E-state index is 12.8. The molecule has 0 aromatic heterocycles. The molecule has 7 heteroatoms. The van der Waals surface area contributed by atoms with E-state index in [1.54, 1.807) is 20.8 Å². The Labute approximate surface area is 146 Å². The molecule has 1 aromatic rings. The van der Waals surface area contributed by atoms with Crippen LogP contribution in [0.5, 0.6) is 0 Å². The van der Waals surface area contributed by atoms with Crippen molar-refractivity contribution < 1.29 is 19.1 Å². The lowest BCUT2D eigenvalue weighted by atomic mass is 9.76. The Morgan fingerprint density at radius 3 is 2.64 bits per heavy atom. The van der Waals surface area contributed by atoms with Gasteiger partial charge in [0.15, 0.2) is 0 Å². The van der Waals surface area contributed by atoms with Crippen molar-refractivity contribution in [1.29, 1.82) is 0 Å². The van der Waals surface area contributed by atoms with Gasteiger partial charge in [0, 0.05) is 12.2 Å². The Bertz CT molecular complexity index is 740. The summed E-state index contributed by atoms with van der Waals surface area (Å²) in [4.78, 5) is 38.5. The van der Waals surface area contributed by atoms with Crippen LogP contribution in [0.2, 0.25) is 0 Å². The third kappa shape index (κ3) is 3.18. The number of hydrogen-bond acceptors (Lipinski definition) is 4. The Kier molecular flexibility index (Phi) is 3.97. The molecule has 3 rings (SSSR count). The van der Waals surface area contributed by atoms with Gasteiger partial charge in [0.25, 0.3) is 0 Å². The van der Waals surface area contributed by atoms with Crippen LogP contribution in [-0.2, 0) is 20.7 Å². The molecule has 25 heavy (non-hydrogen) atoms. The minimum absolute atomic E-state index is 0.107. The van der Waals surface area contributed by atoms with Gasteiger partial charge in [-0.05, 0) is 45.2 Å². The van der Waals surface area contributed by atoms with Crippen molar-refractivity contribution in [3.8, 4) is 0 Å². The van der Waals surface area contributed by atoms with Gasteiger partial charge in [-0.15, -0.1) is 0 Å². The van der Waals surface area contributed by atoms with E-state index in [9.17, 15) is 14.4 Å². The monoisotopic (exact) mass is 345 g/mol. The number of amides is 3. The number of fused-ring (bicyclic) bond motifs is 1. The Morgan fingerprint density at radius 2 is 2.00 bits per heavy atom. The molecule has 0 saturated carbocycles. The zero-order valence-electron chi connectivity index (χ0n) is 14.7. The fourth-order valence-electron chi connectivity index (χ4n) is 3.54. The first-order chi connectivity index (χ1) is 11.6. The van der Waals surface area contributed by atoms with E-state index in [1.807, 2.05) is 24.3 Å². The van der Waals surface area contributed by atoms with E-state index in [4.69, 9.17) is 10.5 Å². The average molecular weight is 345 g/mol. The molecule has 134 valence electrons. The van der Waals surface area contributed by atoms with Gasteiger partial charge in [0.05, 0.1) is 5.41 Å². The Balaban J connectivity index is 1.91. The number of carbonyl (C=O) groups excluding carboxylic acids is 3. The zero-order valence-corrected chi connectivity index (χ0v) is 14.7. The summed E-state index contributed by atoms with van der Waals surface area (Å²) in [6.07, 6.45) is 0.0275. The highest BCUT2D eigenvalue weighted by molar-refractivity contribution is 6.00. The highest BCUT2D eigenvalue weighted by atomic mass is 16.6. The predicted octanol–water partition coefficient (Wildman–Crippen LogP) is 1.66. The number of primary amides is 1. The number of rotatable bonds is 1. The van der Waals surface area contributed by atoms with Crippen LogP contribution >= 0.6 is 0 Å². The van der Waals surface area contributed by atoms with Crippen LogP contribution in [0.25, 0.3) is 0 Å². The van der Waals surface area contributed by atoms with Crippen LogP contribution in [0.1, 0.15) is 32.8 Å². The minimum Gasteiger partial charge on any atom is -0.444 e. The summed E-state index contributed by atoms with van der Waals surface area (Å²) in [6.45, 7) is 5.36. The number of hydrogen-bond donors (Lipinski definition) is 2. The molecule has 2 atom stereocenters. The molecule has 0 radical (unpaired) electrons. The van der Waals surface area contributed by atoms with E-state index in [1.165, 1.54) is 4.90 Å². The molecule has 1 aromatic carbocycles. The maximum Gasteiger partial charge on any atom is 0.411 e. The number of nitrogens with one attached hydrogen (secondary N) is 1. The van der Waals surface area contributed by atoms with Crippen molar-refractivity contribution in [1.82, 2.24) is 4.90 Å². The Morgan fingerprint density at radius 1 is 1.32 bits per heavy atom. The number of para-hydroxylation sites is 1. The lowest BCUT2D eigenvalue weighted by Crippen LogP contribution is -2.47. The number of carbonyl (C=O) groups is 3. The van der Waals surface area contributed by atoms with Gasteiger partial charge < -0.3 is 15.8 Å². The second-order valence-corrected chi connectivity index (χ2v) is 7.80. The summed E-state index contributed by atoms with van der Waals surface area (Å²) in [5.74, 6) is -0.821. The largest absolute Gasteiger partial charge is 0.444 e. The van der Waals surface area contributed by atoms with Gasteiger partial charge in [0.2, 0.25) is 11.8 Å². The van der Waals surface area contributed by atoms with E-state index in [0.29, 0.717) is 6.42 Å². The highest BCUT2D eigenvalue weighted by Gasteiger charge is 2.54. The smallest absolute Gasteiger partial charge is 0.411 e. The minimum atomic E-state index is -0.870. The standard InChI is InChI=1S/C18H23N3O4/c1-17(2,3)25-16(24)21-10-18(9-13(21)14(19)22)8-11-6-4-5-7-12(11)20-15(18)23/h4-7,13H,8-10H2,1-3H3,(H2,19,22)(H,20,23)/t13-,18-/m0/s1. The molecule has 2 aliphatic heterocycles. The quantitative estimate of drug-likeness (QED) is 0.808. The molecule has 0 unspecified atom stereocenters. The second-order valence-electron chi connectivity index (χ2n) is 7.80. The van der Waals surface area contributed by atoms with Gasteiger partial charge in [-0.25, -0.2) is 4.79 Å². The number of anilines is 1. The van der Waals surface area contributed by atoms with Crippen LogP contribution < -0.4 is 11.1 Å². The van der Waals surface area contributed by atoms with Gasteiger partial charge in [-0.1, -0.05) is 18.2 Å². The summed E-state index contributed by atoms with van der Waals surface area (Å²) >= 11 is 0. The lowest BCUT2D eigenvalue weighted by Gasteiger charge is -2.33. The fraction of sp³-hybridized carbons (Fsp3) is 0.500. The van der Waals surface area contributed by atoms with E-state index >= 15 is 0 Å². The lowest BCUT2D eigenvalue weighted by molar-refractivity contribution is -0.125. The van der Waals surface area contributed by atoms with Crippen molar-refractivity contribution in [3.05, 3.63) is 29.8 Å². The summed E-state index contributed by atoms with van der Waals surface area (Å²) in [5, 5.41) is 2.89. The molecule has 2 aliphatic rings. The molecule has 7 nitrogen and oxygen atoms in total. The van der Waals surface area contributed by atoms with E-state index in [0.717, 1.165) is 11.3 Å². The molecule has 3 N–H and O–H groups in total. The topological polar surface area (TPSA) is 102 Å².